The average molecular weight is 932 g/mol. The van der Waals surface area contributed by atoms with E-state index in [0.717, 1.165) is 64.2 Å². The van der Waals surface area contributed by atoms with Gasteiger partial charge < -0.3 is 35.5 Å². The molecule has 0 saturated heterocycles. The van der Waals surface area contributed by atoms with Crippen LogP contribution in [0.3, 0.4) is 0 Å². The monoisotopic (exact) mass is 932 g/mol. The molecule has 4 amide bonds. The van der Waals surface area contributed by atoms with E-state index in [4.69, 9.17) is 0 Å². The minimum atomic E-state index is -0.547. The Morgan fingerprint density at radius 1 is 0.424 bits per heavy atom. The SMILES string of the molecule is CCCCCCCCCCCCCCCCCC(=O)N(CCO)C(C(=O)NCCN(C)CCNC(=O)C(C1CC1)N(CCO)C(=O)CCCCCCCCCCCCCCCCC)C1CC1. The zero-order valence-corrected chi connectivity index (χ0v) is 43.3. The number of aliphatic hydroxyl groups is 2. The number of aliphatic hydroxyl groups excluding tert-OH is 2. The lowest BCUT2D eigenvalue weighted by atomic mass is 10.0. The van der Waals surface area contributed by atoms with Crippen LogP contribution in [-0.4, -0.2) is 120 Å². The standard InChI is InChI=1S/C55H105N5O6/c1-4-6-8-10-12-14-16-18-20-22-24-26-28-30-32-34-50(63)59(44-46-61)52(48-36-37-48)54(65)56-40-42-58(3)43-41-57-55(66)53(49-38-39-49)60(45-47-62)51(64)35-33-31-29-27-25-23-21-19-17-15-13-11-9-7-5-2/h48-49,52-53,61-62H,4-47H2,1-3H3,(H,56,65)(H,57,66). The molecule has 0 aromatic carbocycles. The zero-order valence-electron chi connectivity index (χ0n) is 43.3. The Morgan fingerprint density at radius 2 is 0.682 bits per heavy atom. The highest BCUT2D eigenvalue weighted by Gasteiger charge is 2.43. The number of likely N-dealkylation sites (N-methyl/N-ethyl adjacent to an activating group) is 1. The lowest BCUT2D eigenvalue weighted by molar-refractivity contribution is -0.142. The maximum Gasteiger partial charge on any atom is 0.243 e. The lowest BCUT2D eigenvalue weighted by Crippen LogP contribution is -2.53. The fourth-order valence-corrected chi connectivity index (χ4v) is 9.74. The van der Waals surface area contributed by atoms with E-state index < -0.39 is 12.1 Å². The van der Waals surface area contributed by atoms with Crippen LogP contribution in [0.4, 0.5) is 0 Å². The third kappa shape index (κ3) is 29.6. The summed E-state index contributed by atoms with van der Waals surface area (Å²) in [5, 5.41) is 25.9. The van der Waals surface area contributed by atoms with E-state index in [1.54, 1.807) is 9.80 Å². The summed E-state index contributed by atoms with van der Waals surface area (Å²) in [6.45, 7) is 6.53. The number of carbonyl (C=O) groups excluding carboxylic acids is 4. The maximum absolute atomic E-state index is 13.5. The molecule has 0 spiro atoms. The topological polar surface area (TPSA) is 143 Å². The van der Waals surface area contributed by atoms with Gasteiger partial charge in [-0.2, -0.15) is 0 Å². The highest BCUT2D eigenvalue weighted by atomic mass is 16.3. The Balaban J connectivity index is 1.63. The number of rotatable bonds is 48. The Kier molecular flexibility index (Phi) is 36.9. The number of unbranched alkanes of at least 4 members (excludes halogenated alkanes) is 28. The molecule has 11 nitrogen and oxygen atoms in total. The maximum atomic E-state index is 13.5. The zero-order chi connectivity index (χ0) is 47.9. The molecule has 0 bridgehead atoms. The minimum Gasteiger partial charge on any atom is -0.395 e. The quantitative estimate of drug-likeness (QED) is 0.0445. The molecule has 2 fully saturated rings. The van der Waals surface area contributed by atoms with Gasteiger partial charge in [0.2, 0.25) is 23.6 Å². The van der Waals surface area contributed by atoms with Gasteiger partial charge in [-0.05, 0) is 57.4 Å². The van der Waals surface area contributed by atoms with E-state index in [9.17, 15) is 29.4 Å². The normalized spacial score (nSPS) is 14.6. The molecule has 0 aliphatic heterocycles. The molecule has 0 radical (unpaired) electrons. The second-order valence-corrected chi connectivity index (χ2v) is 20.5. The fraction of sp³-hybridized carbons (Fsp3) is 0.927. The number of hydrogen-bond donors (Lipinski definition) is 4. The number of nitrogens with one attached hydrogen (secondary N) is 2. The molecular formula is C55H105N5O6. The fourth-order valence-electron chi connectivity index (χ4n) is 9.74. The third-order valence-electron chi connectivity index (χ3n) is 14.2. The molecule has 2 atom stereocenters. The highest BCUT2D eigenvalue weighted by Crippen LogP contribution is 2.37. The van der Waals surface area contributed by atoms with Crippen molar-refractivity contribution in [1.82, 2.24) is 25.3 Å². The number of nitrogens with zero attached hydrogens (tertiary/aromatic N) is 3. The van der Waals surface area contributed by atoms with E-state index in [2.05, 4.69) is 29.4 Å². The Labute approximate surface area is 405 Å². The van der Waals surface area contributed by atoms with Crippen LogP contribution in [0, 0.1) is 11.8 Å². The van der Waals surface area contributed by atoms with Crippen molar-refractivity contribution >= 4 is 23.6 Å². The minimum absolute atomic E-state index is 0.0348. The van der Waals surface area contributed by atoms with E-state index in [-0.39, 0.29) is 61.8 Å². The van der Waals surface area contributed by atoms with Gasteiger partial charge >= 0.3 is 0 Å². The largest absolute Gasteiger partial charge is 0.395 e. The van der Waals surface area contributed by atoms with Gasteiger partial charge in [0.05, 0.1) is 13.2 Å². The molecule has 11 heteroatoms. The number of carbonyl (C=O) groups is 4. The van der Waals surface area contributed by atoms with Gasteiger partial charge in [0.25, 0.3) is 0 Å². The van der Waals surface area contributed by atoms with Crippen LogP contribution in [0.1, 0.15) is 245 Å². The van der Waals surface area contributed by atoms with Gasteiger partial charge in [-0.1, -0.05) is 194 Å². The smallest absolute Gasteiger partial charge is 0.243 e. The first-order valence-electron chi connectivity index (χ1n) is 28.3. The van der Waals surface area contributed by atoms with Crippen molar-refractivity contribution in [2.75, 3.05) is 59.5 Å². The van der Waals surface area contributed by atoms with Crippen molar-refractivity contribution in [1.29, 1.82) is 0 Å². The molecule has 0 aromatic rings. The summed E-state index contributed by atoms with van der Waals surface area (Å²) in [5.41, 5.74) is 0. The molecule has 386 valence electrons. The second kappa shape index (κ2) is 40.6. The Hall–Kier alpha value is -2.24. The summed E-state index contributed by atoms with van der Waals surface area (Å²) < 4.78 is 0. The van der Waals surface area contributed by atoms with Gasteiger partial charge in [0, 0.05) is 52.1 Å². The molecule has 4 N–H and O–H groups in total. The van der Waals surface area contributed by atoms with Gasteiger partial charge in [-0.3, -0.25) is 19.2 Å². The van der Waals surface area contributed by atoms with Crippen molar-refractivity contribution in [3.05, 3.63) is 0 Å². The summed E-state index contributed by atoms with van der Waals surface area (Å²) >= 11 is 0. The molecule has 2 rings (SSSR count). The first kappa shape index (κ1) is 59.9. The van der Waals surface area contributed by atoms with Gasteiger partial charge in [0.1, 0.15) is 12.1 Å². The van der Waals surface area contributed by atoms with Gasteiger partial charge in [0.15, 0.2) is 0 Å². The number of hydrogen-bond acceptors (Lipinski definition) is 7. The summed E-state index contributed by atoms with van der Waals surface area (Å²) in [7, 11) is 1.95. The molecular weight excluding hydrogens is 827 g/mol. The molecule has 0 heterocycles. The number of amides is 4. The predicted octanol–water partition coefficient (Wildman–Crippen LogP) is 10.9. The van der Waals surface area contributed by atoms with Crippen molar-refractivity contribution < 1.29 is 29.4 Å². The molecule has 2 saturated carbocycles. The first-order chi connectivity index (χ1) is 32.3. The van der Waals surface area contributed by atoms with Crippen LogP contribution < -0.4 is 10.6 Å². The van der Waals surface area contributed by atoms with Crippen molar-refractivity contribution in [2.45, 2.75) is 257 Å². The van der Waals surface area contributed by atoms with E-state index in [0.29, 0.717) is 39.0 Å². The third-order valence-corrected chi connectivity index (χ3v) is 14.2. The molecule has 0 aromatic heterocycles. The van der Waals surface area contributed by atoms with E-state index in [1.807, 2.05) is 7.05 Å². The molecule has 2 aliphatic carbocycles. The average Bonchev–Trinajstić information content (AvgIpc) is 4.26. The van der Waals surface area contributed by atoms with Crippen LogP contribution in [0.15, 0.2) is 0 Å². The van der Waals surface area contributed by atoms with Crippen LogP contribution in [0.2, 0.25) is 0 Å². The summed E-state index contributed by atoms with van der Waals surface area (Å²) in [6, 6.07) is -1.09. The van der Waals surface area contributed by atoms with Crippen LogP contribution >= 0.6 is 0 Å². The van der Waals surface area contributed by atoms with Crippen LogP contribution in [0.5, 0.6) is 0 Å². The Morgan fingerprint density at radius 3 is 0.924 bits per heavy atom. The highest BCUT2D eigenvalue weighted by molar-refractivity contribution is 5.89. The van der Waals surface area contributed by atoms with E-state index in [1.165, 1.54) is 154 Å². The van der Waals surface area contributed by atoms with Crippen LogP contribution in [-0.2, 0) is 19.2 Å². The summed E-state index contributed by atoms with van der Waals surface area (Å²) in [6.07, 6.45) is 42.6. The summed E-state index contributed by atoms with van der Waals surface area (Å²) in [5.74, 6) is -0.101. The van der Waals surface area contributed by atoms with Gasteiger partial charge in [-0.15, -0.1) is 0 Å². The summed E-state index contributed by atoms with van der Waals surface area (Å²) in [4.78, 5) is 59.3. The second-order valence-electron chi connectivity index (χ2n) is 20.5. The van der Waals surface area contributed by atoms with E-state index >= 15 is 0 Å². The van der Waals surface area contributed by atoms with Crippen molar-refractivity contribution in [3.63, 3.8) is 0 Å². The van der Waals surface area contributed by atoms with Crippen molar-refractivity contribution in [3.8, 4) is 0 Å². The molecule has 2 unspecified atom stereocenters. The molecule has 66 heavy (non-hydrogen) atoms. The lowest BCUT2D eigenvalue weighted by Gasteiger charge is -2.31. The first-order valence-corrected chi connectivity index (χ1v) is 28.3. The molecule has 2 aliphatic rings. The van der Waals surface area contributed by atoms with Gasteiger partial charge in [-0.25, -0.2) is 0 Å². The predicted molar refractivity (Wildman–Crippen MR) is 273 cm³/mol. The van der Waals surface area contributed by atoms with Crippen LogP contribution in [0.25, 0.3) is 0 Å². The van der Waals surface area contributed by atoms with Crippen molar-refractivity contribution in [2.24, 2.45) is 11.8 Å². The Bertz CT molecular complexity index is 1120.